The van der Waals surface area contributed by atoms with Gasteiger partial charge in [0.25, 0.3) is 0 Å². The Morgan fingerprint density at radius 2 is 2.12 bits per heavy atom. The number of amides is 2. The maximum Gasteiger partial charge on any atom is 0.390 e. The van der Waals surface area contributed by atoms with E-state index in [2.05, 4.69) is 5.32 Å². The van der Waals surface area contributed by atoms with E-state index < -0.39 is 37.2 Å². The summed E-state index contributed by atoms with van der Waals surface area (Å²) in [6.07, 6.45) is -5.46. The predicted octanol–water partition coefficient (Wildman–Crippen LogP) is 1.11. The molecule has 1 fully saturated rings. The third-order valence-corrected chi connectivity index (χ3v) is 3.13. The molecule has 1 aliphatic rings. The first-order chi connectivity index (χ1) is 7.81. The van der Waals surface area contributed by atoms with Gasteiger partial charge in [0.05, 0.1) is 12.3 Å². The van der Waals surface area contributed by atoms with Crippen molar-refractivity contribution in [3.63, 3.8) is 0 Å². The van der Waals surface area contributed by atoms with Crippen molar-refractivity contribution in [2.75, 3.05) is 18.2 Å². The molecule has 5 nitrogen and oxygen atoms in total. The largest absolute Gasteiger partial charge is 0.480 e. The molecule has 0 aromatic heterocycles. The summed E-state index contributed by atoms with van der Waals surface area (Å²) in [4.78, 5) is 23.2. The van der Waals surface area contributed by atoms with E-state index in [0.29, 0.717) is 0 Å². The van der Waals surface area contributed by atoms with Crippen LogP contribution in [0.2, 0.25) is 0 Å². The van der Waals surface area contributed by atoms with Crippen LogP contribution in [-0.2, 0) is 4.79 Å². The number of carboxylic acids is 1. The molecule has 9 heteroatoms. The van der Waals surface area contributed by atoms with Crippen LogP contribution >= 0.6 is 11.8 Å². The van der Waals surface area contributed by atoms with E-state index in [9.17, 15) is 22.8 Å². The Kier molecular flexibility index (Phi) is 4.49. The van der Waals surface area contributed by atoms with Crippen LogP contribution in [0.4, 0.5) is 18.0 Å². The van der Waals surface area contributed by atoms with Crippen molar-refractivity contribution in [2.45, 2.75) is 18.6 Å². The zero-order valence-electron chi connectivity index (χ0n) is 8.66. The number of nitrogens with one attached hydrogen (secondary N) is 1. The lowest BCUT2D eigenvalue weighted by molar-refractivity contribution is -0.141. The van der Waals surface area contributed by atoms with Crippen LogP contribution in [0, 0.1) is 0 Å². The van der Waals surface area contributed by atoms with Crippen molar-refractivity contribution < 1.29 is 27.9 Å². The van der Waals surface area contributed by atoms with Gasteiger partial charge in [0, 0.05) is 12.3 Å². The first-order valence-electron chi connectivity index (χ1n) is 4.73. The molecule has 1 atom stereocenters. The number of carbonyl (C=O) groups is 2. The maximum atomic E-state index is 11.8. The first-order valence-corrected chi connectivity index (χ1v) is 5.88. The van der Waals surface area contributed by atoms with Crippen LogP contribution in [0.15, 0.2) is 0 Å². The molecule has 0 aliphatic carbocycles. The number of carbonyl (C=O) groups excluding carboxylic acids is 1. The smallest absolute Gasteiger partial charge is 0.390 e. The standard InChI is InChI=1S/C8H11F3N2O3S/c9-8(10,11)1-2-12-7(16)13-4-17-3-5(13)6(14)15/h5H,1-4H2,(H,12,16)(H,14,15). The molecule has 17 heavy (non-hydrogen) atoms. The van der Waals surface area contributed by atoms with E-state index >= 15 is 0 Å². The highest BCUT2D eigenvalue weighted by molar-refractivity contribution is 7.99. The fourth-order valence-corrected chi connectivity index (χ4v) is 2.41. The van der Waals surface area contributed by atoms with Gasteiger partial charge in [-0.25, -0.2) is 9.59 Å². The van der Waals surface area contributed by atoms with Crippen molar-refractivity contribution in [1.82, 2.24) is 10.2 Å². The highest BCUT2D eigenvalue weighted by Crippen LogP contribution is 2.21. The van der Waals surface area contributed by atoms with Gasteiger partial charge in [0.2, 0.25) is 0 Å². The number of rotatable bonds is 3. The van der Waals surface area contributed by atoms with E-state index in [1.54, 1.807) is 0 Å². The third kappa shape index (κ3) is 4.33. The second-order valence-corrected chi connectivity index (χ2v) is 4.42. The van der Waals surface area contributed by atoms with Crippen molar-refractivity contribution in [2.24, 2.45) is 0 Å². The number of carboxylic acid groups (broad SMARTS) is 1. The Labute approximate surface area is 99.3 Å². The van der Waals surface area contributed by atoms with Gasteiger partial charge in [0.1, 0.15) is 6.04 Å². The summed E-state index contributed by atoms with van der Waals surface area (Å²) in [7, 11) is 0. The zero-order valence-corrected chi connectivity index (χ0v) is 9.48. The van der Waals surface area contributed by atoms with E-state index in [1.807, 2.05) is 0 Å². The van der Waals surface area contributed by atoms with E-state index in [-0.39, 0.29) is 11.6 Å². The van der Waals surface area contributed by atoms with Crippen LogP contribution in [0.1, 0.15) is 6.42 Å². The monoisotopic (exact) mass is 272 g/mol. The molecule has 1 aliphatic heterocycles. The highest BCUT2D eigenvalue weighted by Gasteiger charge is 2.35. The van der Waals surface area contributed by atoms with Gasteiger partial charge in [0.15, 0.2) is 0 Å². The summed E-state index contributed by atoms with van der Waals surface area (Å²) in [6, 6.07) is -1.74. The van der Waals surface area contributed by atoms with Gasteiger partial charge >= 0.3 is 18.2 Å². The molecular formula is C8H11F3N2O3S. The Balaban J connectivity index is 2.40. The molecule has 1 rings (SSSR count). The van der Waals surface area contributed by atoms with Gasteiger partial charge in [-0.1, -0.05) is 0 Å². The topological polar surface area (TPSA) is 69.6 Å². The second kappa shape index (κ2) is 5.48. The average molecular weight is 272 g/mol. The normalized spacial score (nSPS) is 20.4. The number of hydrogen-bond acceptors (Lipinski definition) is 3. The molecule has 0 aromatic rings. The predicted molar refractivity (Wildman–Crippen MR) is 54.7 cm³/mol. The SMILES string of the molecule is O=C(O)C1CSCN1C(=O)NCCC(F)(F)F. The minimum absolute atomic E-state index is 0.175. The first kappa shape index (κ1) is 13.9. The number of halogens is 3. The number of aliphatic carboxylic acids is 1. The highest BCUT2D eigenvalue weighted by atomic mass is 32.2. The Hall–Kier alpha value is -1.12. The minimum atomic E-state index is -4.33. The number of urea groups is 1. The molecule has 0 radical (unpaired) electrons. The molecule has 0 saturated carbocycles. The Morgan fingerprint density at radius 3 is 2.65 bits per heavy atom. The lowest BCUT2D eigenvalue weighted by atomic mass is 10.3. The Bertz CT molecular complexity index is 311. The maximum absolute atomic E-state index is 11.8. The van der Waals surface area contributed by atoms with Gasteiger partial charge < -0.3 is 15.3 Å². The summed E-state index contributed by atoms with van der Waals surface area (Å²) in [6.45, 7) is -0.546. The fraction of sp³-hybridized carbons (Fsp3) is 0.750. The Morgan fingerprint density at radius 1 is 1.47 bits per heavy atom. The van der Waals surface area contributed by atoms with Crippen LogP contribution in [-0.4, -0.2) is 52.4 Å². The molecule has 2 N–H and O–H groups in total. The van der Waals surface area contributed by atoms with Crippen molar-refractivity contribution in [3.8, 4) is 0 Å². The van der Waals surface area contributed by atoms with E-state index in [1.165, 1.54) is 11.8 Å². The molecule has 1 saturated heterocycles. The average Bonchev–Trinajstić information content (AvgIpc) is 2.63. The van der Waals surface area contributed by atoms with Crippen LogP contribution in [0.25, 0.3) is 0 Å². The molecule has 0 bridgehead atoms. The molecule has 2 amide bonds. The number of hydrogen-bond donors (Lipinski definition) is 2. The lowest BCUT2D eigenvalue weighted by Gasteiger charge is -2.21. The molecule has 1 unspecified atom stereocenters. The van der Waals surface area contributed by atoms with Crippen LogP contribution in [0.3, 0.4) is 0 Å². The molecule has 1 heterocycles. The lowest BCUT2D eigenvalue weighted by Crippen LogP contribution is -2.47. The number of thioether (sulfide) groups is 1. The summed E-state index contributed by atoms with van der Waals surface area (Å²) >= 11 is 1.25. The number of alkyl halides is 3. The van der Waals surface area contributed by atoms with Crippen molar-refractivity contribution in [1.29, 1.82) is 0 Å². The minimum Gasteiger partial charge on any atom is -0.480 e. The van der Waals surface area contributed by atoms with Crippen LogP contribution in [0.5, 0.6) is 0 Å². The van der Waals surface area contributed by atoms with Gasteiger partial charge in [-0.2, -0.15) is 13.2 Å². The van der Waals surface area contributed by atoms with E-state index in [0.717, 1.165) is 4.90 Å². The van der Waals surface area contributed by atoms with Gasteiger partial charge in [-0.15, -0.1) is 11.8 Å². The summed E-state index contributed by atoms with van der Waals surface area (Å²) in [5.74, 6) is -0.724. The van der Waals surface area contributed by atoms with Crippen LogP contribution < -0.4 is 5.32 Å². The van der Waals surface area contributed by atoms with Crippen molar-refractivity contribution in [3.05, 3.63) is 0 Å². The summed E-state index contributed by atoms with van der Waals surface area (Å²) in [5.41, 5.74) is 0. The molecule has 0 aromatic carbocycles. The van der Waals surface area contributed by atoms with Crippen molar-refractivity contribution >= 4 is 23.8 Å². The van der Waals surface area contributed by atoms with Gasteiger partial charge in [-0.05, 0) is 0 Å². The second-order valence-electron chi connectivity index (χ2n) is 3.42. The summed E-state index contributed by atoms with van der Waals surface area (Å²) in [5, 5.41) is 10.8. The quantitative estimate of drug-likeness (QED) is 0.807. The molecular weight excluding hydrogens is 261 g/mol. The van der Waals surface area contributed by atoms with E-state index in [4.69, 9.17) is 5.11 Å². The van der Waals surface area contributed by atoms with Gasteiger partial charge in [-0.3, -0.25) is 0 Å². The number of nitrogens with zero attached hydrogens (tertiary/aromatic N) is 1. The molecule has 98 valence electrons. The summed E-state index contributed by atoms with van der Waals surface area (Å²) < 4.78 is 35.5. The third-order valence-electron chi connectivity index (χ3n) is 2.11. The fourth-order valence-electron chi connectivity index (χ4n) is 1.26. The molecule has 0 spiro atoms. The zero-order chi connectivity index (χ0) is 13.1.